The molecule has 0 bridgehead atoms. The number of nitrogens with one attached hydrogen (secondary N) is 1. The lowest BCUT2D eigenvalue weighted by atomic mass is 10.2. The number of amides is 1. The molecule has 4 nitrogen and oxygen atoms in total. The van der Waals surface area contributed by atoms with Gasteiger partial charge in [-0.25, -0.2) is 0 Å². The fourth-order valence-electron chi connectivity index (χ4n) is 1.75. The fraction of sp³-hybridized carbons (Fsp3) is 0.308. The number of carbonyl (C=O) groups is 1. The Morgan fingerprint density at radius 2 is 2.25 bits per heavy atom. The first-order chi connectivity index (χ1) is 9.49. The Morgan fingerprint density at radius 3 is 2.75 bits per heavy atom. The summed E-state index contributed by atoms with van der Waals surface area (Å²) in [6, 6.07) is 5.58. The lowest BCUT2D eigenvalue weighted by Gasteiger charge is -2.22. The molecule has 0 saturated carbocycles. The molecule has 0 aliphatic heterocycles. The van der Waals surface area contributed by atoms with Crippen LogP contribution in [0.25, 0.3) is 0 Å². The molecule has 20 heavy (non-hydrogen) atoms. The number of rotatable bonds is 5. The van der Waals surface area contributed by atoms with Gasteiger partial charge in [0.1, 0.15) is 5.76 Å². The molecule has 0 fully saturated rings. The van der Waals surface area contributed by atoms with Crippen molar-refractivity contribution in [2.75, 3.05) is 20.6 Å². The van der Waals surface area contributed by atoms with Crippen LogP contribution in [-0.4, -0.2) is 31.4 Å². The Labute approximate surface area is 138 Å². The molecule has 1 N–H and O–H groups in total. The van der Waals surface area contributed by atoms with Crippen molar-refractivity contribution in [3.8, 4) is 0 Å². The summed E-state index contributed by atoms with van der Waals surface area (Å²) < 4.78 is 7.22. The molecule has 0 spiro atoms. The van der Waals surface area contributed by atoms with Crippen LogP contribution in [0.3, 0.4) is 0 Å². The fourth-order valence-corrected chi connectivity index (χ4v) is 3.71. The molecule has 0 aromatic carbocycles. The van der Waals surface area contributed by atoms with Crippen LogP contribution in [0.1, 0.15) is 21.5 Å². The van der Waals surface area contributed by atoms with Crippen molar-refractivity contribution in [1.82, 2.24) is 10.2 Å². The molecule has 2 aromatic heterocycles. The van der Waals surface area contributed by atoms with E-state index in [9.17, 15) is 4.79 Å². The average Bonchev–Trinajstić information content (AvgIpc) is 3.00. The summed E-state index contributed by atoms with van der Waals surface area (Å²) in [6.45, 7) is 0.493. The zero-order valence-electron chi connectivity index (χ0n) is 11.0. The third kappa shape index (κ3) is 3.72. The van der Waals surface area contributed by atoms with Crippen LogP contribution in [0.4, 0.5) is 0 Å². The smallest absolute Gasteiger partial charge is 0.261 e. The number of nitrogens with zero attached hydrogens (tertiary/aromatic N) is 1. The number of hydrogen-bond acceptors (Lipinski definition) is 4. The van der Waals surface area contributed by atoms with Crippen molar-refractivity contribution < 1.29 is 9.21 Å². The van der Waals surface area contributed by atoms with Gasteiger partial charge in [0.15, 0.2) is 0 Å². The van der Waals surface area contributed by atoms with E-state index in [0.717, 1.165) is 14.0 Å². The normalized spacial score (nSPS) is 12.7. The first kappa shape index (κ1) is 15.8. The second-order valence-electron chi connectivity index (χ2n) is 4.44. The molecule has 2 heterocycles. The van der Waals surface area contributed by atoms with Gasteiger partial charge in [-0.1, -0.05) is 0 Å². The van der Waals surface area contributed by atoms with E-state index in [1.54, 1.807) is 6.26 Å². The summed E-state index contributed by atoms with van der Waals surface area (Å²) in [5.74, 6) is 0.753. The van der Waals surface area contributed by atoms with Crippen molar-refractivity contribution in [1.29, 1.82) is 0 Å². The highest BCUT2D eigenvalue weighted by Crippen LogP contribution is 2.32. The molecule has 2 aromatic rings. The van der Waals surface area contributed by atoms with Crippen LogP contribution in [-0.2, 0) is 0 Å². The summed E-state index contributed by atoms with van der Waals surface area (Å²) in [5, 5.41) is 2.94. The number of halogens is 2. The van der Waals surface area contributed by atoms with Crippen LogP contribution in [0.15, 0.2) is 37.1 Å². The van der Waals surface area contributed by atoms with E-state index < -0.39 is 0 Å². The van der Waals surface area contributed by atoms with E-state index >= 15 is 0 Å². The predicted molar refractivity (Wildman–Crippen MR) is 87.2 cm³/mol. The number of furan rings is 1. The van der Waals surface area contributed by atoms with Crippen LogP contribution >= 0.6 is 43.2 Å². The molecular formula is C13H14Br2N2O2S. The summed E-state index contributed by atoms with van der Waals surface area (Å²) in [7, 11) is 3.91. The van der Waals surface area contributed by atoms with Gasteiger partial charge in [-0.2, -0.15) is 0 Å². The van der Waals surface area contributed by atoms with E-state index in [1.165, 1.54) is 11.3 Å². The quantitative estimate of drug-likeness (QED) is 0.796. The SMILES string of the molecule is CN(C)[C@@H](CNC(=O)c1cc(Br)c(Br)s1)c1ccco1. The molecule has 108 valence electrons. The van der Waals surface area contributed by atoms with Gasteiger partial charge in [0, 0.05) is 11.0 Å². The van der Waals surface area contributed by atoms with Crippen molar-refractivity contribution in [2.45, 2.75) is 6.04 Å². The van der Waals surface area contributed by atoms with E-state index in [-0.39, 0.29) is 11.9 Å². The van der Waals surface area contributed by atoms with Gasteiger partial charge in [-0.3, -0.25) is 9.69 Å². The Balaban J connectivity index is 2.01. The van der Waals surface area contributed by atoms with E-state index in [0.29, 0.717) is 11.4 Å². The van der Waals surface area contributed by atoms with Crippen LogP contribution < -0.4 is 5.32 Å². The second kappa shape index (κ2) is 6.89. The molecule has 7 heteroatoms. The van der Waals surface area contributed by atoms with Gasteiger partial charge < -0.3 is 9.73 Å². The largest absolute Gasteiger partial charge is 0.468 e. The number of hydrogen-bond donors (Lipinski definition) is 1. The lowest BCUT2D eigenvalue weighted by molar-refractivity contribution is 0.0943. The third-order valence-electron chi connectivity index (χ3n) is 2.82. The molecule has 0 radical (unpaired) electrons. The minimum absolute atomic E-state index is 0.0146. The van der Waals surface area contributed by atoms with Gasteiger partial charge in [0.05, 0.1) is 21.0 Å². The Morgan fingerprint density at radius 1 is 1.50 bits per heavy atom. The van der Waals surface area contributed by atoms with Crippen molar-refractivity contribution in [3.05, 3.63) is 43.4 Å². The van der Waals surface area contributed by atoms with E-state index in [4.69, 9.17) is 4.42 Å². The Bertz CT molecular complexity index is 562. The molecule has 0 aliphatic rings. The minimum atomic E-state index is -0.0835. The topological polar surface area (TPSA) is 45.5 Å². The third-order valence-corrected chi connectivity index (χ3v) is 6.07. The van der Waals surface area contributed by atoms with Crippen LogP contribution in [0.2, 0.25) is 0 Å². The highest BCUT2D eigenvalue weighted by atomic mass is 79.9. The van der Waals surface area contributed by atoms with Gasteiger partial charge in [-0.15, -0.1) is 11.3 Å². The second-order valence-corrected chi connectivity index (χ2v) is 7.66. The zero-order chi connectivity index (χ0) is 14.7. The van der Waals surface area contributed by atoms with Crippen molar-refractivity contribution >= 4 is 49.1 Å². The summed E-state index contributed by atoms with van der Waals surface area (Å²) in [5.41, 5.74) is 0. The van der Waals surface area contributed by atoms with Crippen LogP contribution in [0, 0.1) is 0 Å². The van der Waals surface area contributed by atoms with Gasteiger partial charge in [0.25, 0.3) is 5.91 Å². The number of thiophene rings is 1. The maximum Gasteiger partial charge on any atom is 0.261 e. The standard InChI is InChI=1S/C13H14Br2N2O2S/c1-17(2)9(10-4-3-5-19-10)7-16-13(18)11-6-8(14)12(15)20-11/h3-6,9H,7H2,1-2H3,(H,16,18)/t9-/m0/s1. The Kier molecular flexibility index (Phi) is 5.42. The molecule has 0 saturated heterocycles. The van der Waals surface area contributed by atoms with Gasteiger partial charge in [-0.05, 0) is 64.2 Å². The van der Waals surface area contributed by atoms with Gasteiger partial charge >= 0.3 is 0 Å². The monoisotopic (exact) mass is 420 g/mol. The zero-order valence-corrected chi connectivity index (χ0v) is 15.0. The number of likely N-dealkylation sites (N-methyl/N-ethyl adjacent to an activating group) is 1. The summed E-state index contributed by atoms with van der Waals surface area (Å²) >= 11 is 8.17. The lowest BCUT2D eigenvalue weighted by Crippen LogP contribution is -2.34. The van der Waals surface area contributed by atoms with Crippen LogP contribution in [0.5, 0.6) is 0 Å². The van der Waals surface area contributed by atoms with E-state index in [2.05, 4.69) is 37.2 Å². The molecule has 1 atom stereocenters. The average molecular weight is 422 g/mol. The molecule has 1 amide bonds. The molecule has 2 rings (SSSR count). The summed E-state index contributed by atoms with van der Waals surface area (Å²) in [4.78, 5) is 14.8. The molecule has 0 aliphatic carbocycles. The van der Waals surface area contributed by atoms with E-state index in [1.807, 2.05) is 37.2 Å². The van der Waals surface area contributed by atoms with Crippen molar-refractivity contribution in [2.24, 2.45) is 0 Å². The van der Waals surface area contributed by atoms with Gasteiger partial charge in [0.2, 0.25) is 0 Å². The first-order valence-electron chi connectivity index (χ1n) is 5.92. The molecule has 0 unspecified atom stereocenters. The van der Waals surface area contributed by atoms with Crippen molar-refractivity contribution in [3.63, 3.8) is 0 Å². The highest BCUT2D eigenvalue weighted by Gasteiger charge is 2.19. The maximum atomic E-state index is 12.1. The molecular weight excluding hydrogens is 408 g/mol. The first-order valence-corrected chi connectivity index (χ1v) is 8.32. The Hall–Kier alpha value is -0.630. The predicted octanol–water partition coefficient (Wildman–Crippen LogP) is 3.90. The minimum Gasteiger partial charge on any atom is -0.468 e. The summed E-state index contributed by atoms with van der Waals surface area (Å²) in [6.07, 6.45) is 1.64. The number of carbonyl (C=O) groups excluding carboxylic acids is 1. The maximum absolute atomic E-state index is 12.1. The highest BCUT2D eigenvalue weighted by molar-refractivity contribution is 9.13.